The summed E-state index contributed by atoms with van der Waals surface area (Å²) in [6.45, 7) is 8.75. The smallest absolute Gasteiger partial charge is 0.264 e. The van der Waals surface area contributed by atoms with Gasteiger partial charge >= 0.3 is 0 Å². The van der Waals surface area contributed by atoms with Gasteiger partial charge in [-0.2, -0.15) is 0 Å². The minimum Gasteiger partial charge on any atom is -0.350 e. The molecule has 47 heavy (non-hydrogen) atoms. The van der Waals surface area contributed by atoms with Gasteiger partial charge in [0.2, 0.25) is 11.8 Å². The van der Waals surface area contributed by atoms with Gasteiger partial charge in [0.25, 0.3) is 10.0 Å². The van der Waals surface area contributed by atoms with Gasteiger partial charge in [-0.1, -0.05) is 77.3 Å². The molecular formula is C36H38Cl3N3O4S. The number of aryl methyl sites for hydroxylation is 2. The van der Waals surface area contributed by atoms with Crippen LogP contribution < -0.4 is 9.62 Å². The molecule has 0 radical (unpaired) electrons. The van der Waals surface area contributed by atoms with Crippen LogP contribution in [0.5, 0.6) is 0 Å². The molecule has 248 valence electrons. The molecule has 0 aromatic heterocycles. The van der Waals surface area contributed by atoms with Gasteiger partial charge in [0.05, 0.1) is 20.6 Å². The fourth-order valence-electron chi connectivity index (χ4n) is 4.98. The molecule has 1 N–H and O–H groups in total. The van der Waals surface area contributed by atoms with Crippen molar-refractivity contribution in [3.05, 3.63) is 128 Å². The van der Waals surface area contributed by atoms with Gasteiger partial charge in [0.1, 0.15) is 12.6 Å². The number of hydrogen-bond acceptors (Lipinski definition) is 4. The lowest BCUT2D eigenvalue weighted by Crippen LogP contribution is -2.56. The number of sulfonamides is 1. The fraction of sp³-hybridized carbons (Fsp3) is 0.278. The van der Waals surface area contributed by atoms with Crippen molar-refractivity contribution < 1.29 is 18.0 Å². The van der Waals surface area contributed by atoms with Gasteiger partial charge < -0.3 is 10.2 Å². The zero-order chi connectivity index (χ0) is 34.5. The number of halogens is 3. The summed E-state index contributed by atoms with van der Waals surface area (Å²) >= 11 is 18.6. The number of rotatable bonds is 11. The Morgan fingerprint density at radius 1 is 0.787 bits per heavy atom. The van der Waals surface area contributed by atoms with Crippen molar-refractivity contribution in [2.75, 3.05) is 10.8 Å². The maximum absolute atomic E-state index is 14.6. The van der Waals surface area contributed by atoms with E-state index in [-0.39, 0.29) is 28.8 Å². The van der Waals surface area contributed by atoms with Crippen LogP contribution in [-0.2, 0) is 32.6 Å². The fourth-order valence-corrected chi connectivity index (χ4v) is 6.84. The van der Waals surface area contributed by atoms with Crippen LogP contribution in [0.15, 0.2) is 95.9 Å². The highest BCUT2D eigenvalue weighted by molar-refractivity contribution is 7.92. The second kappa shape index (κ2) is 15.1. The lowest BCUT2D eigenvalue weighted by Gasteiger charge is -2.35. The SMILES string of the molecule is Cc1ccc(N(CC(=O)N(Cc2ccc(Cl)c(Cl)c2)[C@@H](Cc2ccccc2)C(=O)NC(C)(C)C)S(=O)(=O)c2ccc(Cl)cc2)cc1C. The quantitative estimate of drug-likeness (QED) is 0.171. The average Bonchev–Trinajstić information content (AvgIpc) is 3.00. The molecular weight excluding hydrogens is 677 g/mol. The first-order valence-electron chi connectivity index (χ1n) is 15.0. The number of carbonyl (C=O) groups excluding carboxylic acids is 2. The minimum absolute atomic E-state index is 0.0322. The standard InChI is InChI=1S/C36H38Cl3N3O4S/c1-24-11-15-29(19-25(24)2)42(47(45,46)30-16-13-28(37)14-17-30)23-34(43)41(22-27-12-18-31(38)32(39)20-27)33(35(44)40-36(3,4)5)21-26-9-7-6-8-10-26/h6-20,33H,21-23H2,1-5H3,(H,40,44)/t33-/m0/s1. The zero-order valence-corrected chi connectivity index (χ0v) is 30.0. The molecule has 0 bridgehead atoms. The summed E-state index contributed by atoms with van der Waals surface area (Å²) in [5.41, 5.74) is 2.97. The first-order chi connectivity index (χ1) is 22.0. The summed E-state index contributed by atoms with van der Waals surface area (Å²) < 4.78 is 29.5. The Labute approximate surface area is 292 Å². The summed E-state index contributed by atoms with van der Waals surface area (Å²) in [4.78, 5) is 30.0. The van der Waals surface area contributed by atoms with Gasteiger partial charge in [0.15, 0.2) is 0 Å². The molecule has 0 aliphatic rings. The second-order valence-corrected chi connectivity index (χ2v) is 15.6. The Hall–Kier alpha value is -3.56. The van der Waals surface area contributed by atoms with Crippen LogP contribution in [0.2, 0.25) is 15.1 Å². The van der Waals surface area contributed by atoms with Crippen molar-refractivity contribution in [1.82, 2.24) is 10.2 Å². The maximum Gasteiger partial charge on any atom is 0.264 e. The van der Waals surface area contributed by atoms with E-state index in [2.05, 4.69) is 5.32 Å². The normalized spacial score (nSPS) is 12.3. The number of nitrogens with one attached hydrogen (secondary N) is 1. The largest absolute Gasteiger partial charge is 0.350 e. The topological polar surface area (TPSA) is 86.8 Å². The molecule has 0 heterocycles. The molecule has 4 aromatic carbocycles. The van der Waals surface area contributed by atoms with Crippen molar-refractivity contribution in [3.63, 3.8) is 0 Å². The van der Waals surface area contributed by atoms with Crippen LogP contribution >= 0.6 is 34.8 Å². The van der Waals surface area contributed by atoms with E-state index in [1.165, 1.54) is 29.2 Å². The molecule has 2 amide bonds. The van der Waals surface area contributed by atoms with E-state index in [1.54, 1.807) is 30.3 Å². The lowest BCUT2D eigenvalue weighted by atomic mass is 10.0. The van der Waals surface area contributed by atoms with Gasteiger partial charge in [-0.05, 0) is 105 Å². The van der Waals surface area contributed by atoms with Gasteiger partial charge in [-0.3, -0.25) is 13.9 Å². The van der Waals surface area contributed by atoms with E-state index >= 15 is 0 Å². The molecule has 0 unspecified atom stereocenters. The molecule has 0 aliphatic carbocycles. The van der Waals surface area contributed by atoms with Gasteiger partial charge in [0, 0.05) is 23.5 Å². The Morgan fingerprint density at radius 2 is 1.45 bits per heavy atom. The molecule has 7 nitrogen and oxygen atoms in total. The molecule has 0 fully saturated rings. The molecule has 11 heteroatoms. The number of carbonyl (C=O) groups is 2. The molecule has 0 aliphatic heterocycles. The Morgan fingerprint density at radius 3 is 2.04 bits per heavy atom. The van der Waals surface area contributed by atoms with Crippen molar-refractivity contribution in [2.45, 2.75) is 64.1 Å². The molecule has 0 spiro atoms. The van der Waals surface area contributed by atoms with Crippen molar-refractivity contribution in [2.24, 2.45) is 0 Å². The summed E-state index contributed by atoms with van der Waals surface area (Å²) in [5, 5.41) is 4.02. The Bertz CT molecular complexity index is 1840. The number of anilines is 1. The monoisotopic (exact) mass is 713 g/mol. The molecule has 0 saturated heterocycles. The molecule has 4 aromatic rings. The highest BCUT2D eigenvalue weighted by atomic mass is 35.5. The number of hydrogen-bond donors (Lipinski definition) is 1. The third-order valence-electron chi connectivity index (χ3n) is 7.57. The Balaban J connectivity index is 1.85. The molecule has 0 saturated carbocycles. The van der Waals surface area contributed by atoms with E-state index in [0.29, 0.717) is 21.3 Å². The summed E-state index contributed by atoms with van der Waals surface area (Å²) in [6.07, 6.45) is 0.184. The predicted molar refractivity (Wildman–Crippen MR) is 191 cm³/mol. The van der Waals surface area contributed by atoms with Gasteiger partial charge in [-0.15, -0.1) is 0 Å². The van der Waals surface area contributed by atoms with Crippen LogP contribution in [0.1, 0.15) is 43.0 Å². The summed E-state index contributed by atoms with van der Waals surface area (Å²) in [6, 6.07) is 24.3. The second-order valence-electron chi connectivity index (χ2n) is 12.4. The highest BCUT2D eigenvalue weighted by Gasteiger charge is 2.35. The van der Waals surface area contributed by atoms with E-state index in [9.17, 15) is 18.0 Å². The van der Waals surface area contributed by atoms with Gasteiger partial charge in [-0.25, -0.2) is 8.42 Å². The third-order valence-corrected chi connectivity index (χ3v) is 10.3. The zero-order valence-electron chi connectivity index (χ0n) is 26.9. The summed E-state index contributed by atoms with van der Waals surface area (Å²) in [5.74, 6) is -0.968. The van der Waals surface area contributed by atoms with Crippen LogP contribution in [0.4, 0.5) is 5.69 Å². The molecule has 4 rings (SSSR count). The van der Waals surface area contributed by atoms with Crippen LogP contribution in [-0.4, -0.2) is 43.3 Å². The predicted octanol–water partition coefficient (Wildman–Crippen LogP) is 8.01. The third kappa shape index (κ3) is 9.51. The first kappa shape index (κ1) is 36.3. The number of nitrogens with zero attached hydrogens (tertiary/aromatic N) is 2. The number of benzene rings is 4. The lowest BCUT2D eigenvalue weighted by molar-refractivity contribution is -0.140. The molecule has 1 atom stereocenters. The van der Waals surface area contributed by atoms with E-state index in [1.807, 2.05) is 71.0 Å². The summed E-state index contributed by atoms with van der Waals surface area (Å²) in [7, 11) is -4.26. The highest BCUT2D eigenvalue weighted by Crippen LogP contribution is 2.29. The van der Waals surface area contributed by atoms with Crippen LogP contribution in [0.25, 0.3) is 0 Å². The first-order valence-corrected chi connectivity index (χ1v) is 17.6. The Kier molecular flexibility index (Phi) is 11.7. The average molecular weight is 715 g/mol. The van der Waals surface area contributed by atoms with Crippen LogP contribution in [0, 0.1) is 13.8 Å². The number of amides is 2. The van der Waals surface area contributed by atoms with E-state index in [4.69, 9.17) is 34.8 Å². The van der Waals surface area contributed by atoms with Crippen molar-refractivity contribution in [3.8, 4) is 0 Å². The van der Waals surface area contributed by atoms with Crippen molar-refractivity contribution in [1.29, 1.82) is 0 Å². The van der Waals surface area contributed by atoms with Crippen molar-refractivity contribution >= 4 is 62.3 Å². The van der Waals surface area contributed by atoms with Crippen LogP contribution in [0.3, 0.4) is 0 Å². The van der Waals surface area contributed by atoms with E-state index in [0.717, 1.165) is 21.0 Å². The maximum atomic E-state index is 14.6. The minimum atomic E-state index is -4.26. The van der Waals surface area contributed by atoms with E-state index < -0.39 is 34.1 Å².